The second-order valence-electron chi connectivity index (χ2n) is 3.33. The third-order valence-corrected chi connectivity index (χ3v) is 2.10. The van der Waals surface area contributed by atoms with Gasteiger partial charge in [-0.3, -0.25) is 0 Å². The number of aliphatic imine (C=N–C) groups is 1. The van der Waals surface area contributed by atoms with Crippen LogP contribution in [0.2, 0.25) is 0 Å². The summed E-state index contributed by atoms with van der Waals surface area (Å²) in [6.45, 7) is 0.354. The molecule has 3 nitrogen and oxygen atoms in total. The van der Waals surface area contributed by atoms with Gasteiger partial charge in [-0.2, -0.15) is 0 Å². The molecule has 0 saturated heterocycles. The van der Waals surface area contributed by atoms with E-state index in [-0.39, 0.29) is 0 Å². The standard InChI is InChI=1S/C11H11NO2/c13-8-12-7-9-3-1-2-4-11(9)14-10-5-6-10/h1-4,10H,5-7H2. The number of hydrogen-bond acceptors (Lipinski definition) is 3. The number of para-hydroxylation sites is 1. The summed E-state index contributed by atoms with van der Waals surface area (Å²) in [5, 5.41) is 0. The molecule has 2 rings (SSSR count). The van der Waals surface area contributed by atoms with Crippen molar-refractivity contribution in [2.24, 2.45) is 4.99 Å². The molecule has 0 N–H and O–H groups in total. The summed E-state index contributed by atoms with van der Waals surface area (Å²) < 4.78 is 5.66. The van der Waals surface area contributed by atoms with Crippen LogP contribution < -0.4 is 4.74 Å². The van der Waals surface area contributed by atoms with Crippen molar-refractivity contribution < 1.29 is 9.53 Å². The second kappa shape index (κ2) is 4.07. The molecule has 1 aliphatic rings. The maximum atomic E-state index is 9.99. The lowest BCUT2D eigenvalue weighted by molar-refractivity contribution is 0.300. The van der Waals surface area contributed by atoms with Crippen LogP contribution in [0.25, 0.3) is 0 Å². The number of nitrogens with zero attached hydrogens (tertiary/aromatic N) is 1. The molecule has 0 aliphatic heterocycles. The van der Waals surface area contributed by atoms with E-state index in [1.165, 1.54) is 6.08 Å². The highest BCUT2D eigenvalue weighted by molar-refractivity contribution is 5.37. The van der Waals surface area contributed by atoms with E-state index in [9.17, 15) is 4.79 Å². The minimum absolute atomic E-state index is 0.354. The van der Waals surface area contributed by atoms with Gasteiger partial charge < -0.3 is 4.74 Å². The molecule has 1 saturated carbocycles. The maximum absolute atomic E-state index is 9.99. The number of carbonyl (C=O) groups excluding carboxylic acids is 1. The van der Waals surface area contributed by atoms with Crippen molar-refractivity contribution in [3.63, 3.8) is 0 Å². The van der Waals surface area contributed by atoms with Crippen LogP contribution in [-0.2, 0) is 11.3 Å². The Hall–Kier alpha value is -1.60. The van der Waals surface area contributed by atoms with E-state index in [1.807, 2.05) is 24.3 Å². The molecule has 0 amide bonds. The maximum Gasteiger partial charge on any atom is 0.235 e. The average Bonchev–Trinajstić information content (AvgIpc) is 3.01. The van der Waals surface area contributed by atoms with Crippen molar-refractivity contribution in [3.05, 3.63) is 29.8 Å². The van der Waals surface area contributed by atoms with Crippen LogP contribution in [0.1, 0.15) is 18.4 Å². The highest BCUT2D eigenvalue weighted by atomic mass is 16.5. The zero-order chi connectivity index (χ0) is 9.80. The summed E-state index contributed by atoms with van der Waals surface area (Å²) in [5.74, 6) is 0.842. The van der Waals surface area contributed by atoms with E-state index in [0.717, 1.165) is 24.2 Å². The molecule has 3 heteroatoms. The van der Waals surface area contributed by atoms with Gasteiger partial charge in [-0.05, 0) is 18.9 Å². The summed E-state index contributed by atoms with van der Waals surface area (Å²) in [5.41, 5.74) is 0.947. The van der Waals surface area contributed by atoms with Gasteiger partial charge in [0.05, 0.1) is 12.6 Å². The van der Waals surface area contributed by atoms with Gasteiger partial charge in [0.2, 0.25) is 6.08 Å². The Bertz CT molecular complexity index is 365. The molecule has 1 aromatic rings. The monoisotopic (exact) mass is 189 g/mol. The highest BCUT2D eigenvalue weighted by Gasteiger charge is 2.24. The number of benzene rings is 1. The van der Waals surface area contributed by atoms with Crippen molar-refractivity contribution in [3.8, 4) is 5.75 Å². The summed E-state index contributed by atoms with van der Waals surface area (Å²) in [6.07, 6.45) is 4.16. The topological polar surface area (TPSA) is 38.7 Å². The quantitative estimate of drug-likeness (QED) is 0.537. The van der Waals surface area contributed by atoms with Gasteiger partial charge in [0, 0.05) is 5.56 Å². The Morgan fingerprint density at radius 3 is 2.93 bits per heavy atom. The van der Waals surface area contributed by atoms with E-state index < -0.39 is 0 Å². The summed E-state index contributed by atoms with van der Waals surface area (Å²) >= 11 is 0. The molecule has 72 valence electrons. The Morgan fingerprint density at radius 2 is 2.21 bits per heavy atom. The summed E-state index contributed by atoms with van der Waals surface area (Å²) in [4.78, 5) is 13.5. The number of ether oxygens (including phenoxy) is 1. The van der Waals surface area contributed by atoms with Crippen LogP contribution >= 0.6 is 0 Å². The van der Waals surface area contributed by atoms with E-state index in [4.69, 9.17) is 4.74 Å². The van der Waals surface area contributed by atoms with Crippen molar-refractivity contribution in [1.29, 1.82) is 0 Å². The SMILES string of the molecule is O=C=NCc1ccccc1OC1CC1. The minimum atomic E-state index is 0.354. The molecule has 0 atom stereocenters. The van der Waals surface area contributed by atoms with Gasteiger partial charge in [-0.15, -0.1) is 0 Å². The Balaban J connectivity index is 2.13. The highest BCUT2D eigenvalue weighted by Crippen LogP contribution is 2.29. The largest absolute Gasteiger partial charge is 0.490 e. The van der Waals surface area contributed by atoms with Crippen molar-refractivity contribution in [1.82, 2.24) is 0 Å². The Labute approximate surface area is 82.4 Å². The average molecular weight is 189 g/mol. The predicted molar refractivity (Wildman–Crippen MR) is 51.9 cm³/mol. The van der Waals surface area contributed by atoms with Gasteiger partial charge in [0.15, 0.2) is 0 Å². The molecule has 14 heavy (non-hydrogen) atoms. The van der Waals surface area contributed by atoms with Crippen molar-refractivity contribution in [2.75, 3.05) is 0 Å². The molecule has 0 heterocycles. The fraction of sp³-hybridized carbons (Fsp3) is 0.364. The molecule has 0 spiro atoms. The van der Waals surface area contributed by atoms with Crippen LogP contribution in [0.4, 0.5) is 0 Å². The number of hydrogen-bond donors (Lipinski definition) is 0. The van der Waals surface area contributed by atoms with Gasteiger partial charge >= 0.3 is 0 Å². The zero-order valence-corrected chi connectivity index (χ0v) is 7.77. The van der Waals surface area contributed by atoms with Crippen LogP contribution in [0.15, 0.2) is 29.3 Å². The number of rotatable bonds is 4. The Kier molecular flexibility index (Phi) is 2.61. The molecule has 1 fully saturated rings. The lowest BCUT2D eigenvalue weighted by Gasteiger charge is -2.07. The molecule has 0 aromatic heterocycles. The van der Waals surface area contributed by atoms with E-state index >= 15 is 0 Å². The first-order valence-electron chi connectivity index (χ1n) is 4.68. The van der Waals surface area contributed by atoms with Gasteiger partial charge in [-0.25, -0.2) is 9.79 Å². The molecule has 0 bridgehead atoms. The van der Waals surface area contributed by atoms with E-state index in [0.29, 0.717) is 12.6 Å². The van der Waals surface area contributed by atoms with E-state index in [2.05, 4.69) is 4.99 Å². The predicted octanol–water partition coefficient (Wildman–Crippen LogP) is 2.06. The zero-order valence-electron chi connectivity index (χ0n) is 7.77. The normalized spacial score (nSPS) is 14.6. The summed E-state index contributed by atoms with van der Waals surface area (Å²) in [6, 6.07) is 7.66. The van der Waals surface area contributed by atoms with E-state index in [1.54, 1.807) is 0 Å². The van der Waals surface area contributed by atoms with Crippen LogP contribution in [0.5, 0.6) is 5.75 Å². The molecular formula is C11H11NO2. The lowest BCUT2D eigenvalue weighted by atomic mass is 10.2. The fourth-order valence-electron chi connectivity index (χ4n) is 1.23. The summed E-state index contributed by atoms with van der Waals surface area (Å²) in [7, 11) is 0. The third-order valence-electron chi connectivity index (χ3n) is 2.10. The minimum Gasteiger partial charge on any atom is -0.490 e. The number of isocyanates is 1. The molecular weight excluding hydrogens is 178 g/mol. The first-order chi connectivity index (χ1) is 6.90. The first-order valence-corrected chi connectivity index (χ1v) is 4.68. The second-order valence-corrected chi connectivity index (χ2v) is 3.33. The van der Waals surface area contributed by atoms with Gasteiger partial charge in [-0.1, -0.05) is 18.2 Å². The van der Waals surface area contributed by atoms with Gasteiger partial charge in [0.1, 0.15) is 5.75 Å². The van der Waals surface area contributed by atoms with Crippen molar-refractivity contribution >= 4 is 6.08 Å². The molecule has 1 aromatic carbocycles. The lowest BCUT2D eigenvalue weighted by Crippen LogP contribution is -1.98. The first kappa shape index (κ1) is 8.97. The van der Waals surface area contributed by atoms with Crippen LogP contribution in [0.3, 0.4) is 0 Å². The van der Waals surface area contributed by atoms with Crippen LogP contribution in [-0.4, -0.2) is 12.2 Å². The molecule has 0 radical (unpaired) electrons. The van der Waals surface area contributed by atoms with Crippen LogP contribution in [0, 0.1) is 0 Å². The molecule has 0 unspecified atom stereocenters. The smallest absolute Gasteiger partial charge is 0.235 e. The molecule has 1 aliphatic carbocycles. The third kappa shape index (κ3) is 2.21. The Morgan fingerprint density at radius 1 is 1.43 bits per heavy atom. The van der Waals surface area contributed by atoms with Crippen molar-refractivity contribution in [2.45, 2.75) is 25.5 Å². The van der Waals surface area contributed by atoms with Gasteiger partial charge in [0.25, 0.3) is 0 Å². The fourth-order valence-corrected chi connectivity index (χ4v) is 1.23.